The van der Waals surface area contributed by atoms with Crippen LogP contribution in [-0.4, -0.2) is 15.0 Å². The highest BCUT2D eigenvalue weighted by atomic mass is 32.1. The predicted octanol–water partition coefficient (Wildman–Crippen LogP) is 5.09. The summed E-state index contributed by atoms with van der Waals surface area (Å²) in [7, 11) is 0. The summed E-state index contributed by atoms with van der Waals surface area (Å²) in [6.45, 7) is -0.259. The molecule has 0 bridgehead atoms. The average Bonchev–Trinajstić information content (AvgIpc) is 3.15. The van der Waals surface area contributed by atoms with Crippen molar-refractivity contribution in [1.82, 2.24) is 15.0 Å². The van der Waals surface area contributed by atoms with Gasteiger partial charge in [-0.1, -0.05) is 11.3 Å². The fraction of sp³-hybridized carbons (Fsp3) is 0.200. The zero-order valence-corrected chi connectivity index (χ0v) is 13.1. The van der Waals surface area contributed by atoms with Crippen LogP contribution < -0.4 is 0 Å². The van der Waals surface area contributed by atoms with Crippen LogP contribution >= 0.6 is 11.3 Å². The van der Waals surface area contributed by atoms with Gasteiger partial charge in [0, 0.05) is 0 Å². The molecule has 0 atom stereocenters. The summed E-state index contributed by atoms with van der Waals surface area (Å²) in [5, 5.41) is 9.45. The Morgan fingerprint density at radius 2 is 1.60 bits per heavy atom. The summed E-state index contributed by atoms with van der Waals surface area (Å²) in [6.07, 6.45) is -8.28. The van der Waals surface area contributed by atoms with Gasteiger partial charge >= 0.3 is 12.4 Å². The van der Waals surface area contributed by atoms with Crippen LogP contribution in [0, 0.1) is 0 Å². The van der Waals surface area contributed by atoms with E-state index in [1.807, 2.05) is 5.38 Å². The van der Waals surface area contributed by atoms with Gasteiger partial charge in [-0.3, -0.25) is 0 Å². The normalized spacial score (nSPS) is 12.6. The molecule has 0 saturated carbocycles. The van der Waals surface area contributed by atoms with E-state index in [1.54, 1.807) is 12.1 Å². The highest BCUT2D eigenvalue weighted by molar-refractivity contribution is 7.13. The summed E-state index contributed by atoms with van der Waals surface area (Å²) in [5.41, 5.74) is -2.37. The summed E-state index contributed by atoms with van der Waals surface area (Å²) in [6, 6.07) is 5.04. The van der Waals surface area contributed by atoms with E-state index < -0.39 is 23.5 Å². The van der Waals surface area contributed by atoms with Gasteiger partial charge in [0.15, 0.2) is 0 Å². The van der Waals surface area contributed by atoms with Crippen LogP contribution in [0.2, 0.25) is 0 Å². The number of halogens is 6. The lowest BCUT2D eigenvalue weighted by Gasteiger charge is -2.14. The minimum atomic E-state index is -4.87. The Kier molecular flexibility index (Phi) is 4.31. The molecule has 0 aliphatic carbocycles. The van der Waals surface area contributed by atoms with Crippen molar-refractivity contribution in [1.29, 1.82) is 0 Å². The zero-order valence-electron chi connectivity index (χ0n) is 12.3. The largest absolute Gasteiger partial charge is 0.416 e. The second-order valence-corrected chi connectivity index (χ2v) is 6.14. The molecule has 2 aromatic heterocycles. The van der Waals surface area contributed by atoms with Crippen LogP contribution in [0.1, 0.15) is 16.7 Å². The Bertz CT molecular complexity index is 832. The molecule has 0 N–H and O–H groups in total. The first kappa shape index (κ1) is 17.5. The maximum Gasteiger partial charge on any atom is 0.416 e. The first-order valence-electron chi connectivity index (χ1n) is 6.85. The number of nitrogens with zero attached hydrogens (tertiary/aromatic N) is 3. The fourth-order valence-electron chi connectivity index (χ4n) is 2.21. The molecule has 0 aliphatic rings. The van der Waals surface area contributed by atoms with E-state index >= 15 is 0 Å². The standard InChI is InChI=1S/C15H9F6N3S/c16-14(17,18)10-4-9(5-11(6-10)15(19,20)21)7-24-8-12(22-23-24)13-2-1-3-25-13/h1-6,8H,7H2. The SMILES string of the molecule is FC(F)(F)c1cc(Cn2cc(-c3cccs3)nn2)cc(C(F)(F)F)c1. The van der Waals surface area contributed by atoms with Crippen LogP contribution in [0.3, 0.4) is 0 Å². The summed E-state index contributed by atoms with van der Waals surface area (Å²) in [4.78, 5) is 0.797. The second kappa shape index (κ2) is 6.17. The molecule has 0 unspecified atom stereocenters. The van der Waals surface area contributed by atoms with Gasteiger partial charge in [-0.2, -0.15) is 26.3 Å². The number of rotatable bonds is 3. The second-order valence-electron chi connectivity index (χ2n) is 5.19. The third-order valence-electron chi connectivity index (χ3n) is 3.30. The maximum atomic E-state index is 12.9. The lowest BCUT2D eigenvalue weighted by Crippen LogP contribution is -2.13. The molecule has 0 radical (unpaired) electrons. The van der Waals surface area contributed by atoms with Crippen LogP contribution in [0.5, 0.6) is 0 Å². The molecule has 0 aliphatic heterocycles. The molecular formula is C15H9F6N3S. The quantitative estimate of drug-likeness (QED) is 0.595. The number of alkyl halides is 6. The number of hydrogen-bond acceptors (Lipinski definition) is 3. The van der Waals surface area contributed by atoms with Crippen molar-refractivity contribution in [2.75, 3.05) is 0 Å². The molecule has 3 aromatic rings. The minimum Gasteiger partial charge on any atom is -0.247 e. The maximum absolute atomic E-state index is 12.9. The van der Waals surface area contributed by atoms with E-state index in [2.05, 4.69) is 10.3 Å². The molecule has 25 heavy (non-hydrogen) atoms. The molecule has 0 amide bonds. The van der Waals surface area contributed by atoms with Crippen molar-refractivity contribution in [2.45, 2.75) is 18.9 Å². The molecular weight excluding hydrogens is 368 g/mol. The van der Waals surface area contributed by atoms with Crippen LogP contribution in [0.15, 0.2) is 41.9 Å². The van der Waals surface area contributed by atoms with E-state index in [0.717, 1.165) is 4.88 Å². The molecule has 0 saturated heterocycles. The molecule has 132 valence electrons. The lowest BCUT2D eigenvalue weighted by atomic mass is 10.0. The third kappa shape index (κ3) is 4.01. The van der Waals surface area contributed by atoms with Crippen LogP contribution in [0.4, 0.5) is 26.3 Å². The van der Waals surface area contributed by atoms with Gasteiger partial charge in [-0.05, 0) is 35.2 Å². The van der Waals surface area contributed by atoms with Crippen LogP contribution in [-0.2, 0) is 18.9 Å². The van der Waals surface area contributed by atoms with Crippen molar-refractivity contribution < 1.29 is 26.3 Å². The van der Waals surface area contributed by atoms with Crippen LogP contribution in [0.25, 0.3) is 10.6 Å². The number of aromatic nitrogens is 3. The highest BCUT2D eigenvalue weighted by Crippen LogP contribution is 2.36. The summed E-state index contributed by atoms with van der Waals surface area (Å²) < 4.78 is 78.4. The molecule has 2 heterocycles. The molecule has 3 nitrogen and oxygen atoms in total. The smallest absolute Gasteiger partial charge is 0.247 e. The first-order chi connectivity index (χ1) is 11.6. The molecule has 0 spiro atoms. The van der Waals surface area contributed by atoms with E-state index in [4.69, 9.17) is 0 Å². The highest BCUT2D eigenvalue weighted by Gasteiger charge is 2.36. The molecule has 0 fully saturated rings. The van der Waals surface area contributed by atoms with Crippen molar-refractivity contribution in [3.8, 4) is 10.6 Å². The lowest BCUT2D eigenvalue weighted by molar-refractivity contribution is -0.143. The Morgan fingerprint density at radius 3 is 2.12 bits per heavy atom. The van der Waals surface area contributed by atoms with Gasteiger partial charge in [0.2, 0.25) is 0 Å². The molecule has 10 heteroatoms. The number of hydrogen-bond donors (Lipinski definition) is 0. The van der Waals surface area contributed by atoms with Gasteiger partial charge < -0.3 is 0 Å². The fourth-order valence-corrected chi connectivity index (χ4v) is 2.89. The predicted molar refractivity (Wildman–Crippen MR) is 78.9 cm³/mol. The number of benzene rings is 1. The Labute approximate surface area is 141 Å². The first-order valence-corrected chi connectivity index (χ1v) is 7.73. The average molecular weight is 377 g/mol. The Hall–Kier alpha value is -2.36. The third-order valence-corrected chi connectivity index (χ3v) is 4.20. The van der Waals surface area contributed by atoms with Gasteiger partial charge in [0.1, 0.15) is 5.69 Å². The van der Waals surface area contributed by atoms with E-state index in [9.17, 15) is 26.3 Å². The Balaban J connectivity index is 1.94. The zero-order chi connectivity index (χ0) is 18.2. The van der Waals surface area contributed by atoms with Crippen molar-refractivity contribution in [3.05, 3.63) is 58.6 Å². The van der Waals surface area contributed by atoms with Gasteiger partial charge in [0.05, 0.1) is 28.7 Å². The van der Waals surface area contributed by atoms with E-state index in [0.29, 0.717) is 17.8 Å². The minimum absolute atomic E-state index is 0.0991. The van der Waals surface area contributed by atoms with Crippen molar-refractivity contribution in [3.63, 3.8) is 0 Å². The van der Waals surface area contributed by atoms with Gasteiger partial charge in [0.25, 0.3) is 0 Å². The monoisotopic (exact) mass is 377 g/mol. The topological polar surface area (TPSA) is 30.7 Å². The van der Waals surface area contributed by atoms with Gasteiger partial charge in [-0.25, -0.2) is 4.68 Å². The van der Waals surface area contributed by atoms with Crippen molar-refractivity contribution in [2.24, 2.45) is 0 Å². The van der Waals surface area contributed by atoms with Gasteiger partial charge in [-0.15, -0.1) is 16.4 Å². The van der Waals surface area contributed by atoms with E-state index in [-0.39, 0.29) is 18.2 Å². The number of thiophene rings is 1. The van der Waals surface area contributed by atoms with E-state index in [1.165, 1.54) is 22.2 Å². The van der Waals surface area contributed by atoms with Crippen molar-refractivity contribution >= 4 is 11.3 Å². The molecule has 3 rings (SSSR count). The summed E-state index contributed by atoms with van der Waals surface area (Å²) >= 11 is 1.39. The Morgan fingerprint density at radius 1 is 0.960 bits per heavy atom. The summed E-state index contributed by atoms with van der Waals surface area (Å²) in [5.74, 6) is 0. The molecule has 1 aromatic carbocycles.